The van der Waals surface area contributed by atoms with E-state index in [2.05, 4.69) is 17.1 Å². The van der Waals surface area contributed by atoms with Crippen molar-refractivity contribution in [2.75, 3.05) is 19.7 Å². The van der Waals surface area contributed by atoms with Crippen LogP contribution in [0.1, 0.15) is 45.4 Å². The molecule has 98 valence electrons. The Hall–Kier alpha value is -0.120. The number of hydrogen-bond acceptors (Lipinski definition) is 3. The Morgan fingerprint density at radius 1 is 1.12 bits per heavy atom. The lowest BCUT2D eigenvalue weighted by molar-refractivity contribution is -0.0242. The van der Waals surface area contributed by atoms with Crippen LogP contribution in [0.3, 0.4) is 0 Å². The van der Waals surface area contributed by atoms with Gasteiger partial charge in [0.15, 0.2) is 0 Å². The van der Waals surface area contributed by atoms with Crippen LogP contribution in [-0.4, -0.2) is 48.8 Å². The predicted molar refractivity (Wildman–Crippen MR) is 69.2 cm³/mol. The summed E-state index contributed by atoms with van der Waals surface area (Å²) in [4.78, 5) is 2.72. The highest BCUT2D eigenvalue weighted by molar-refractivity contribution is 4.90. The first-order valence-electron chi connectivity index (χ1n) is 7.43. The molecule has 0 aromatic rings. The van der Waals surface area contributed by atoms with Gasteiger partial charge in [0.1, 0.15) is 0 Å². The second-order valence-electron chi connectivity index (χ2n) is 6.13. The van der Waals surface area contributed by atoms with Gasteiger partial charge in [-0.1, -0.05) is 0 Å². The number of nitrogens with zero attached hydrogens (tertiary/aromatic N) is 1. The normalized spacial score (nSPS) is 40.4. The van der Waals surface area contributed by atoms with Crippen LogP contribution >= 0.6 is 0 Å². The second-order valence-corrected chi connectivity index (χ2v) is 6.13. The summed E-state index contributed by atoms with van der Waals surface area (Å²) in [6.07, 6.45) is 8.50. The van der Waals surface area contributed by atoms with Gasteiger partial charge < -0.3 is 10.1 Å². The highest BCUT2D eigenvalue weighted by Crippen LogP contribution is 2.25. The zero-order valence-corrected chi connectivity index (χ0v) is 11.0. The minimum atomic E-state index is 0.463. The Bertz CT molecular complexity index is 255. The first kappa shape index (κ1) is 11.9. The summed E-state index contributed by atoms with van der Waals surface area (Å²) in [6.45, 7) is 5.76. The molecule has 1 N–H and O–H groups in total. The monoisotopic (exact) mass is 238 g/mol. The molecule has 2 aliphatic heterocycles. The van der Waals surface area contributed by atoms with Crippen molar-refractivity contribution in [1.29, 1.82) is 0 Å². The molecule has 0 aromatic heterocycles. The summed E-state index contributed by atoms with van der Waals surface area (Å²) in [5.74, 6) is 0. The Labute approximate surface area is 105 Å². The number of rotatable bonds is 3. The van der Waals surface area contributed by atoms with Crippen LogP contribution in [0.2, 0.25) is 0 Å². The summed E-state index contributed by atoms with van der Waals surface area (Å²) in [7, 11) is 0. The molecule has 3 aliphatic rings. The molecule has 1 aliphatic carbocycles. The molecule has 0 radical (unpaired) electrons. The Balaban J connectivity index is 1.51. The number of nitrogens with one attached hydrogen (secondary N) is 1. The molecule has 3 unspecified atom stereocenters. The molecule has 0 spiro atoms. The van der Waals surface area contributed by atoms with E-state index in [1.807, 2.05) is 0 Å². The molecule has 3 rings (SSSR count). The Kier molecular flexibility index (Phi) is 3.69. The van der Waals surface area contributed by atoms with E-state index >= 15 is 0 Å². The lowest BCUT2D eigenvalue weighted by Crippen LogP contribution is -2.52. The first-order valence-corrected chi connectivity index (χ1v) is 7.43. The summed E-state index contributed by atoms with van der Waals surface area (Å²) >= 11 is 0. The summed E-state index contributed by atoms with van der Waals surface area (Å²) in [6, 6.07) is 2.39. The third-order valence-electron chi connectivity index (χ3n) is 4.48. The number of hydrogen-bond donors (Lipinski definition) is 1. The van der Waals surface area contributed by atoms with Crippen LogP contribution in [0.15, 0.2) is 0 Å². The Morgan fingerprint density at radius 3 is 2.76 bits per heavy atom. The van der Waals surface area contributed by atoms with Crippen LogP contribution < -0.4 is 5.32 Å². The van der Waals surface area contributed by atoms with Gasteiger partial charge in [-0.15, -0.1) is 0 Å². The molecule has 17 heavy (non-hydrogen) atoms. The lowest BCUT2D eigenvalue weighted by atomic mass is 9.97. The summed E-state index contributed by atoms with van der Waals surface area (Å²) in [5.41, 5.74) is 0. The van der Waals surface area contributed by atoms with Crippen LogP contribution in [0.4, 0.5) is 0 Å². The largest absolute Gasteiger partial charge is 0.378 e. The van der Waals surface area contributed by atoms with E-state index in [-0.39, 0.29) is 0 Å². The van der Waals surface area contributed by atoms with Crippen molar-refractivity contribution in [2.24, 2.45) is 0 Å². The molecule has 3 heteroatoms. The fourth-order valence-electron chi connectivity index (χ4n) is 3.36. The molecule has 3 fully saturated rings. The van der Waals surface area contributed by atoms with Crippen LogP contribution in [0.5, 0.6) is 0 Å². The maximum Gasteiger partial charge on any atom is 0.0561 e. The van der Waals surface area contributed by atoms with Gasteiger partial charge in [0, 0.05) is 31.3 Å². The quantitative estimate of drug-likeness (QED) is 0.811. The van der Waals surface area contributed by atoms with Gasteiger partial charge in [-0.2, -0.15) is 0 Å². The number of ether oxygens (including phenoxy) is 1. The SMILES string of the molecule is CC1CC(N2CCCC(NC3CC3)C2)CCO1. The molecule has 3 atom stereocenters. The van der Waals surface area contributed by atoms with E-state index in [0.717, 1.165) is 24.7 Å². The minimum Gasteiger partial charge on any atom is -0.378 e. The summed E-state index contributed by atoms with van der Waals surface area (Å²) in [5, 5.41) is 3.80. The van der Waals surface area contributed by atoms with Gasteiger partial charge in [-0.05, 0) is 52.0 Å². The van der Waals surface area contributed by atoms with E-state index in [0.29, 0.717) is 6.10 Å². The average Bonchev–Trinajstić information content (AvgIpc) is 3.13. The molecule has 2 heterocycles. The van der Waals surface area contributed by atoms with E-state index in [1.165, 1.54) is 51.6 Å². The standard InChI is InChI=1S/C14H26N2O/c1-11-9-14(6-8-17-11)16-7-2-3-13(10-16)15-12-4-5-12/h11-15H,2-10H2,1H3. The maximum atomic E-state index is 5.66. The van der Waals surface area contributed by atoms with Crippen molar-refractivity contribution in [3.8, 4) is 0 Å². The van der Waals surface area contributed by atoms with Gasteiger partial charge >= 0.3 is 0 Å². The highest BCUT2D eigenvalue weighted by atomic mass is 16.5. The summed E-state index contributed by atoms with van der Waals surface area (Å²) < 4.78 is 5.66. The van der Waals surface area contributed by atoms with Gasteiger partial charge in [0.25, 0.3) is 0 Å². The third-order valence-corrected chi connectivity index (χ3v) is 4.48. The third kappa shape index (κ3) is 3.21. The van der Waals surface area contributed by atoms with Crippen LogP contribution in [-0.2, 0) is 4.74 Å². The van der Waals surface area contributed by atoms with E-state index in [4.69, 9.17) is 4.74 Å². The maximum absolute atomic E-state index is 5.66. The van der Waals surface area contributed by atoms with Crippen LogP contribution in [0.25, 0.3) is 0 Å². The van der Waals surface area contributed by atoms with Gasteiger partial charge in [-0.3, -0.25) is 4.90 Å². The van der Waals surface area contributed by atoms with Gasteiger partial charge in [0.05, 0.1) is 6.10 Å². The number of piperidine rings is 1. The van der Waals surface area contributed by atoms with E-state index < -0.39 is 0 Å². The molecule has 2 saturated heterocycles. The molecule has 3 nitrogen and oxygen atoms in total. The Morgan fingerprint density at radius 2 is 2.00 bits per heavy atom. The molecule has 0 bridgehead atoms. The van der Waals surface area contributed by atoms with Gasteiger partial charge in [-0.25, -0.2) is 0 Å². The van der Waals surface area contributed by atoms with Crippen molar-refractivity contribution in [3.05, 3.63) is 0 Å². The molecule has 0 aromatic carbocycles. The second kappa shape index (κ2) is 5.25. The highest BCUT2D eigenvalue weighted by Gasteiger charge is 2.31. The topological polar surface area (TPSA) is 24.5 Å². The van der Waals surface area contributed by atoms with E-state index in [9.17, 15) is 0 Å². The van der Waals surface area contributed by atoms with E-state index in [1.54, 1.807) is 0 Å². The van der Waals surface area contributed by atoms with Crippen molar-refractivity contribution in [3.63, 3.8) is 0 Å². The van der Waals surface area contributed by atoms with Crippen molar-refractivity contribution in [1.82, 2.24) is 10.2 Å². The zero-order valence-electron chi connectivity index (χ0n) is 11.0. The predicted octanol–water partition coefficient (Wildman–Crippen LogP) is 1.77. The number of likely N-dealkylation sites (tertiary alicyclic amines) is 1. The van der Waals surface area contributed by atoms with Gasteiger partial charge in [0.2, 0.25) is 0 Å². The smallest absolute Gasteiger partial charge is 0.0561 e. The van der Waals surface area contributed by atoms with Crippen molar-refractivity contribution in [2.45, 2.75) is 69.7 Å². The molecular weight excluding hydrogens is 212 g/mol. The minimum absolute atomic E-state index is 0.463. The average molecular weight is 238 g/mol. The molecule has 0 amide bonds. The zero-order chi connectivity index (χ0) is 11.7. The fourth-order valence-corrected chi connectivity index (χ4v) is 3.36. The van der Waals surface area contributed by atoms with Crippen molar-refractivity contribution < 1.29 is 4.74 Å². The van der Waals surface area contributed by atoms with Crippen molar-refractivity contribution >= 4 is 0 Å². The van der Waals surface area contributed by atoms with Crippen LogP contribution in [0, 0.1) is 0 Å². The fraction of sp³-hybridized carbons (Fsp3) is 1.00. The molecule has 1 saturated carbocycles. The lowest BCUT2D eigenvalue weighted by Gasteiger charge is -2.41. The molecular formula is C14H26N2O. The first-order chi connectivity index (χ1) is 8.31.